The van der Waals surface area contributed by atoms with Crippen LogP contribution in [0, 0.1) is 17.7 Å². The molecule has 4 nitrogen and oxygen atoms in total. The van der Waals surface area contributed by atoms with Gasteiger partial charge in [-0.15, -0.1) is 0 Å². The van der Waals surface area contributed by atoms with Crippen LogP contribution in [0.1, 0.15) is 25.3 Å². The van der Waals surface area contributed by atoms with Gasteiger partial charge in [0.25, 0.3) is 5.91 Å². The quantitative estimate of drug-likeness (QED) is 0.839. The molecule has 3 atom stereocenters. The molecule has 1 saturated heterocycles. The Labute approximate surface area is 136 Å². The molecule has 1 aliphatic carbocycles. The Balaban J connectivity index is 1.55. The lowest BCUT2D eigenvalue weighted by Crippen LogP contribution is -2.45. The lowest BCUT2D eigenvalue weighted by molar-refractivity contribution is -0.131. The first-order valence-corrected chi connectivity index (χ1v) is 8.31. The summed E-state index contributed by atoms with van der Waals surface area (Å²) >= 11 is 0. The van der Waals surface area contributed by atoms with E-state index in [1.807, 2.05) is 26.1 Å². The standard InChI is InChI=1S/C18H22FN3O/c1-12-20-18(17(23)21(12)2)8-7-13-9-22(11-15(13)18)10-14-5-3-4-6-16(14)19/h3-6,13,15H,7-11H2,1-2H3/t13-,15+,18-/m0/s1. The van der Waals surface area contributed by atoms with E-state index in [4.69, 9.17) is 4.99 Å². The molecule has 0 N–H and O–H groups in total. The van der Waals surface area contributed by atoms with Crippen molar-refractivity contribution in [3.05, 3.63) is 35.6 Å². The smallest absolute Gasteiger partial charge is 0.255 e. The molecule has 0 radical (unpaired) electrons. The molecule has 0 unspecified atom stereocenters. The summed E-state index contributed by atoms with van der Waals surface area (Å²) in [5, 5.41) is 0. The largest absolute Gasteiger partial charge is 0.302 e. The van der Waals surface area contributed by atoms with Crippen molar-refractivity contribution in [2.75, 3.05) is 20.1 Å². The maximum absolute atomic E-state index is 13.9. The van der Waals surface area contributed by atoms with E-state index in [0.717, 1.165) is 37.3 Å². The number of halogens is 1. The number of aliphatic imine (C=N–C) groups is 1. The number of carbonyl (C=O) groups excluding carboxylic acids is 1. The van der Waals surface area contributed by atoms with Gasteiger partial charge in [0, 0.05) is 38.2 Å². The third kappa shape index (κ3) is 2.13. The molecule has 4 rings (SSSR count). The van der Waals surface area contributed by atoms with Gasteiger partial charge in [-0.1, -0.05) is 18.2 Å². The number of amidine groups is 1. The van der Waals surface area contributed by atoms with Gasteiger partial charge in [0.2, 0.25) is 0 Å². The highest BCUT2D eigenvalue weighted by molar-refractivity contribution is 6.07. The van der Waals surface area contributed by atoms with Crippen molar-refractivity contribution < 1.29 is 9.18 Å². The number of carbonyl (C=O) groups is 1. The number of nitrogens with zero attached hydrogens (tertiary/aromatic N) is 3. The fourth-order valence-corrected chi connectivity index (χ4v) is 4.63. The van der Waals surface area contributed by atoms with E-state index in [1.165, 1.54) is 6.07 Å². The van der Waals surface area contributed by atoms with Gasteiger partial charge in [-0.3, -0.25) is 14.7 Å². The predicted molar refractivity (Wildman–Crippen MR) is 86.5 cm³/mol. The highest BCUT2D eigenvalue weighted by Crippen LogP contribution is 2.50. The SMILES string of the molecule is CC1=N[C@]2(CC[C@H]3CN(Cc4ccccc4F)C[C@H]32)C(=O)N1C. The summed E-state index contributed by atoms with van der Waals surface area (Å²) in [6.07, 6.45) is 1.89. The molecule has 1 aromatic carbocycles. The fraction of sp³-hybridized carbons (Fsp3) is 0.556. The highest BCUT2D eigenvalue weighted by Gasteiger charge is 2.59. The minimum Gasteiger partial charge on any atom is -0.302 e. The Kier molecular flexibility index (Phi) is 3.30. The van der Waals surface area contributed by atoms with Crippen molar-refractivity contribution in [3.8, 4) is 0 Å². The molecule has 23 heavy (non-hydrogen) atoms. The highest BCUT2D eigenvalue weighted by atomic mass is 19.1. The van der Waals surface area contributed by atoms with E-state index >= 15 is 0 Å². The van der Waals surface area contributed by atoms with E-state index in [-0.39, 0.29) is 17.6 Å². The topological polar surface area (TPSA) is 35.9 Å². The van der Waals surface area contributed by atoms with E-state index in [0.29, 0.717) is 12.5 Å². The summed E-state index contributed by atoms with van der Waals surface area (Å²) in [6.45, 7) is 4.29. The van der Waals surface area contributed by atoms with E-state index in [2.05, 4.69) is 4.90 Å². The molecule has 0 bridgehead atoms. The number of hydrogen-bond donors (Lipinski definition) is 0. The second-order valence-electron chi connectivity index (χ2n) is 7.14. The first-order chi connectivity index (χ1) is 11.0. The van der Waals surface area contributed by atoms with E-state index < -0.39 is 5.54 Å². The van der Waals surface area contributed by atoms with Crippen molar-refractivity contribution in [2.24, 2.45) is 16.8 Å². The molecule has 3 aliphatic rings. The summed E-state index contributed by atoms with van der Waals surface area (Å²) in [7, 11) is 1.81. The van der Waals surface area contributed by atoms with Gasteiger partial charge >= 0.3 is 0 Å². The monoisotopic (exact) mass is 315 g/mol. The number of amides is 1. The summed E-state index contributed by atoms with van der Waals surface area (Å²) < 4.78 is 13.9. The minimum atomic E-state index is -0.548. The van der Waals surface area contributed by atoms with Crippen LogP contribution in [0.4, 0.5) is 4.39 Å². The lowest BCUT2D eigenvalue weighted by atomic mass is 9.85. The molecule has 2 fully saturated rings. The van der Waals surface area contributed by atoms with Gasteiger partial charge in [0.15, 0.2) is 0 Å². The van der Waals surface area contributed by atoms with Crippen molar-refractivity contribution in [2.45, 2.75) is 31.8 Å². The Hall–Kier alpha value is -1.75. The predicted octanol–water partition coefficient (Wildman–Crippen LogP) is 2.30. The van der Waals surface area contributed by atoms with Crippen LogP contribution in [0.3, 0.4) is 0 Å². The summed E-state index contributed by atoms with van der Waals surface area (Å²) in [4.78, 5) is 21.5. The molecule has 1 amide bonds. The Morgan fingerprint density at radius 3 is 2.83 bits per heavy atom. The first kappa shape index (κ1) is 14.8. The fourth-order valence-electron chi connectivity index (χ4n) is 4.63. The van der Waals surface area contributed by atoms with Crippen molar-refractivity contribution in [1.29, 1.82) is 0 Å². The van der Waals surface area contributed by atoms with Crippen LogP contribution < -0.4 is 0 Å². The second-order valence-corrected chi connectivity index (χ2v) is 7.14. The lowest BCUT2D eigenvalue weighted by Gasteiger charge is -2.27. The molecule has 1 saturated carbocycles. The average molecular weight is 315 g/mol. The zero-order valence-electron chi connectivity index (χ0n) is 13.6. The number of rotatable bonds is 2. The Bertz CT molecular complexity index is 689. The van der Waals surface area contributed by atoms with Crippen LogP contribution in [-0.4, -0.2) is 47.2 Å². The molecule has 122 valence electrons. The average Bonchev–Trinajstić information content (AvgIpc) is 3.14. The van der Waals surface area contributed by atoms with E-state index in [1.54, 1.807) is 11.0 Å². The third-order valence-corrected chi connectivity index (χ3v) is 5.90. The van der Waals surface area contributed by atoms with Gasteiger partial charge in [0.1, 0.15) is 17.2 Å². The van der Waals surface area contributed by atoms with Crippen molar-refractivity contribution >= 4 is 11.7 Å². The molecule has 0 aromatic heterocycles. The molecule has 2 heterocycles. The first-order valence-electron chi connectivity index (χ1n) is 8.31. The number of fused-ring (bicyclic) bond motifs is 2. The van der Waals surface area contributed by atoms with Crippen LogP contribution in [0.2, 0.25) is 0 Å². The number of benzene rings is 1. The molecule has 1 spiro atoms. The minimum absolute atomic E-state index is 0.148. The van der Waals surface area contributed by atoms with Gasteiger partial charge in [0.05, 0.1) is 0 Å². The third-order valence-electron chi connectivity index (χ3n) is 5.90. The molecule has 1 aromatic rings. The normalized spacial score (nSPS) is 33.6. The van der Waals surface area contributed by atoms with Gasteiger partial charge in [-0.25, -0.2) is 4.39 Å². The molecular formula is C18H22FN3O. The van der Waals surface area contributed by atoms with Crippen LogP contribution in [-0.2, 0) is 11.3 Å². The van der Waals surface area contributed by atoms with Crippen molar-refractivity contribution in [1.82, 2.24) is 9.80 Å². The molecule has 5 heteroatoms. The molecule has 2 aliphatic heterocycles. The maximum Gasteiger partial charge on any atom is 0.255 e. The number of likely N-dealkylation sites (N-methyl/N-ethyl adjacent to an activating group) is 1. The molecular weight excluding hydrogens is 293 g/mol. The van der Waals surface area contributed by atoms with E-state index in [9.17, 15) is 9.18 Å². The summed E-state index contributed by atoms with van der Waals surface area (Å²) in [5.74, 6) is 1.58. The summed E-state index contributed by atoms with van der Waals surface area (Å²) in [6, 6.07) is 6.95. The number of likely N-dealkylation sites (tertiary alicyclic amines) is 1. The van der Waals surface area contributed by atoms with Gasteiger partial charge in [-0.2, -0.15) is 0 Å². The summed E-state index contributed by atoms with van der Waals surface area (Å²) in [5.41, 5.74) is 0.184. The van der Waals surface area contributed by atoms with Crippen LogP contribution >= 0.6 is 0 Å². The maximum atomic E-state index is 13.9. The Morgan fingerprint density at radius 1 is 1.35 bits per heavy atom. The zero-order chi connectivity index (χ0) is 16.2. The van der Waals surface area contributed by atoms with Crippen molar-refractivity contribution in [3.63, 3.8) is 0 Å². The van der Waals surface area contributed by atoms with Gasteiger partial charge in [-0.05, 0) is 31.7 Å². The number of hydrogen-bond acceptors (Lipinski definition) is 3. The zero-order valence-corrected chi connectivity index (χ0v) is 13.6. The second kappa shape index (κ2) is 5.13. The van der Waals surface area contributed by atoms with Crippen LogP contribution in [0.25, 0.3) is 0 Å². The van der Waals surface area contributed by atoms with Crippen LogP contribution in [0.5, 0.6) is 0 Å². The Morgan fingerprint density at radius 2 is 2.13 bits per heavy atom. The van der Waals surface area contributed by atoms with Crippen LogP contribution in [0.15, 0.2) is 29.3 Å². The van der Waals surface area contributed by atoms with Gasteiger partial charge < -0.3 is 4.90 Å².